The van der Waals surface area contributed by atoms with Crippen LogP contribution in [0.2, 0.25) is 0 Å². The van der Waals surface area contributed by atoms with Gasteiger partial charge in [0.2, 0.25) is 0 Å². The molecule has 0 aromatic rings. The lowest BCUT2D eigenvalue weighted by Crippen LogP contribution is -2.42. The minimum Gasteiger partial charge on any atom is -0.508 e. The van der Waals surface area contributed by atoms with Gasteiger partial charge in [0, 0.05) is 6.42 Å². The molecule has 0 aromatic heterocycles. The van der Waals surface area contributed by atoms with E-state index in [0.717, 1.165) is 0 Å². The SMILES string of the molecule is CC(C)(C)C1(O)C=CC(O)=C(O)C1. The molecule has 0 spiro atoms. The summed E-state index contributed by atoms with van der Waals surface area (Å²) >= 11 is 0. The number of rotatable bonds is 0. The van der Waals surface area contributed by atoms with Gasteiger partial charge in [-0.15, -0.1) is 0 Å². The lowest BCUT2D eigenvalue weighted by atomic mass is 9.72. The third-order valence-electron chi connectivity index (χ3n) is 2.55. The minimum atomic E-state index is -1.08. The van der Waals surface area contributed by atoms with E-state index < -0.39 is 5.60 Å². The van der Waals surface area contributed by atoms with Crippen LogP contribution in [0.25, 0.3) is 0 Å². The van der Waals surface area contributed by atoms with Gasteiger partial charge in [-0.1, -0.05) is 20.8 Å². The van der Waals surface area contributed by atoms with E-state index in [9.17, 15) is 10.2 Å². The summed E-state index contributed by atoms with van der Waals surface area (Å²) in [6, 6.07) is 0. The molecular weight excluding hydrogens is 168 g/mol. The van der Waals surface area contributed by atoms with Crippen molar-refractivity contribution >= 4 is 0 Å². The van der Waals surface area contributed by atoms with Crippen LogP contribution in [0.1, 0.15) is 27.2 Å². The third kappa shape index (κ3) is 1.70. The van der Waals surface area contributed by atoms with E-state index in [0.29, 0.717) is 0 Å². The first-order valence-corrected chi connectivity index (χ1v) is 4.29. The van der Waals surface area contributed by atoms with Gasteiger partial charge in [0.05, 0.1) is 5.60 Å². The summed E-state index contributed by atoms with van der Waals surface area (Å²) in [7, 11) is 0. The van der Waals surface area contributed by atoms with Crippen LogP contribution in [0, 0.1) is 5.41 Å². The maximum Gasteiger partial charge on any atom is 0.152 e. The molecule has 0 bridgehead atoms. The Morgan fingerprint density at radius 2 is 1.85 bits per heavy atom. The lowest BCUT2D eigenvalue weighted by Gasteiger charge is -2.39. The molecular formula is C10H16O3. The lowest BCUT2D eigenvalue weighted by molar-refractivity contribution is -0.0241. The van der Waals surface area contributed by atoms with Crippen LogP contribution in [0.15, 0.2) is 23.7 Å². The Bertz CT molecular complexity index is 270. The van der Waals surface area contributed by atoms with Gasteiger partial charge < -0.3 is 15.3 Å². The molecule has 1 aliphatic rings. The highest BCUT2D eigenvalue weighted by molar-refractivity contribution is 5.27. The second kappa shape index (κ2) is 2.77. The Morgan fingerprint density at radius 3 is 2.23 bits per heavy atom. The van der Waals surface area contributed by atoms with Crippen LogP contribution >= 0.6 is 0 Å². The Labute approximate surface area is 78.0 Å². The molecule has 13 heavy (non-hydrogen) atoms. The fourth-order valence-corrected chi connectivity index (χ4v) is 1.23. The van der Waals surface area contributed by atoms with E-state index in [2.05, 4.69) is 0 Å². The van der Waals surface area contributed by atoms with Crippen molar-refractivity contribution in [2.24, 2.45) is 5.41 Å². The van der Waals surface area contributed by atoms with Crippen molar-refractivity contribution in [1.82, 2.24) is 0 Å². The Kier molecular flexibility index (Phi) is 2.16. The van der Waals surface area contributed by atoms with Gasteiger partial charge >= 0.3 is 0 Å². The van der Waals surface area contributed by atoms with E-state index >= 15 is 0 Å². The second-order valence-corrected chi connectivity index (χ2v) is 4.52. The average Bonchev–Trinajstić information content (AvgIpc) is 1.95. The molecule has 1 aliphatic carbocycles. The van der Waals surface area contributed by atoms with E-state index in [-0.39, 0.29) is 23.4 Å². The van der Waals surface area contributed by atoms with Crippen molar-refractivity contribution in [1.29, 1.82) is 0 Å². The summed E-state index contributed by atoms with van der Waals surface area (Å²) in [5.41, 5.74) is -1.44. The van der Waals surface area contributed by atoms with E-state index in [4.69, 9.17) is 5.11 Å². The van der Waals surface area contributed by atoms with Gasteiger partial charge in [0.15, 0.2) is 5.76 Å². The van der Waals surface area contributed by atoms with Crippen molar-refractivity contribution in [3.63, 3.8) is 0 Å². The fraction of sp³-hybridized carbons (Fsp3) is 0.600. The molecule has 0 saturated carbocycles. The van der Waals surface area contributed by atoms with E-state index in [1.165, 1.54) is 12.2 Å². The smallest absolute Gasteiger partial charge is 0.152 e. The van der Waals surface area contributed by atoms with Gasteiger partial charge in [-0.3, -0.25) is 0 Å². The Balaban J connectivity index is 2.97. The average molecular weight is 184 g/mol. The molecule has 1 rings (SSSR count). The summed E-state index contributed by atoms with van der Waals surface area (Å²) in [6.07, 6.45) is 2.94. The largest absolute Gasteiger partial charge is 0.508 e. The molecule has 0 heterocycles. The maximum absolute atomic E-state index is 10.1. The van der Waals surface area contributed by atoms with Crippen LogP contribution in [0.4, 0.5) is 0 Å². The monoisotopic (exact) mass is 184 g/mol. The van der Waals surface area contributed by atoms with Crippen LogP contribution in [0.3, 0.4) is 0 Å². The molecule has 0 amide bonds. The van der Waals surface area contributed by atoms with Crippen LogP contribution in [-0.4, -0.2) is 20.9 Å². The quantitative estimate of drug-likeness (QED) is 0.540. The molecule has 0 radical (unpaired) electrons. The fourth-order valence-electron chi connectivity index (χ4n) is 1.23. The van der Waals surface area contributed by atoms with Crippen molar-refractivity contribution < 1.29 is 15.3 Å². The van der Waals surface area contributed by atoms with Crippen LogP contribution in [-0.2, 0) is 0 Å². The summed E-state index contributed by atoms with van der Waals surface area (Å²) in [6.45, 7) is 5.65. The zero-order valence-corrected chi connectivity index (χ0v) is 8.20. The molecule has 74 valence electrons. The summed E-state index contributed by atoms with van der Waals surface area (Å²) in [5, 5.41) is 28.5. The first-order valence-electron chi connectivity index (χ1n) is 4.29. The van der Waals surface area contributed by atoms with Crippen molar-refractivity contribution in [3.8, 4) is 0 Å². The van der Waals surface area contributed by atoms with Crippen LogP contribution in [0.5, 0.6) is 0 Å². The Hall–Kier alpha value is -0.960. The van der Waals surface area contributed by atoms with Gasteiger partial charge in [0.1, 0.15) is 5.76 Å². The molecule has 0 aliphatic heterocycles. The van der Waals surface area contributed by atoms with Gasteiger partial charge in [-0.2, -0.15) is 0 Å². The highest BCUT2D eigenvalue weighted by Gasteiger charge is 2.40. The van der Waals surface area contributed by atoms with Gasteiger partial charge in [-0.05, 0) is 17.6 Å². The molecule has 0 fully saturated rings. The zero-order valence-electron chi connectivity index (χ0n) is 8.20. The standard InChI is InChI=1S/C10H16O3/c1-9(2,3)10(13)5-4-7(11)8(12)6-10/h4-5,11-13H,6H2,1-3H3. The number of aliphatic hydroxyl groups is 3. The number of aliphatic hydroxyl groups excluding tert-OH is 2. The highest BCUT2D eigenvalue weighted by Crippen LogP contribution is 2.38. The van der Waals surface area contributed by atoms with E-state index in [1.54, 1.807) is 0 Å². The predicted molar refractivity (Wildman–Crippen MR) is 50.4 cm³/mol. The normalized spacial score (nSPS) is 29.5. The number of hydrogen-bond acceptors (Lipinski definition) is 3. The van der Waals surface area contributed by atoms with Gasteiger partial charge in [0.25, 0.3) is 0 Å². The number of allylic oxidation sites excluding steroid dienone is 1. The molecule has 1 atom stereocenters. The maximum atomic E-state index is 10.1. The molecule has 0 aromatic carbocycles. The summed E-state index contributed by atoms with van der Waals surface area (Å²) < 4.78 is 0. The molecule has 1 unspecified atom stereocenters. The minimum absolute atomic E-state index is 0.0683. The summed E-state index contributed by atoms with van der Waals surface area (Å²) in [5.74, 6) is -0.311. The first-order chi connectivity index (χ1) is 5.76. The third-order valence-corrected chi connectivity index (χ3v) is 2.55. The zero-order chi connectivity index (χ0) is 10.3. The highest BCUT2D eigenvalue weighted by atomic mass is 16.3. The molecule has 3 nitrogen and oxygen atoms in total. The van der Waals surface area contributed by atoms with Crippen molar-refractivity contribution in [2.75, 3.05) is 0 Å². The van der Waals surface area contributed by atoms with Crippen molar-refractivity contribution in [2.45, 2.75) is 32.8 Å². The molecule has 0 saturated heterocycles. The second-order valence-electron chi connectivity index (χ2n) is 4.52. The topological polar surface area (TPSA) is 60.7 Å². The molecule has 3 heteroatoms. The van der Waals surface area contributed by atoms with Crippen LogP contribution < -0.4 is 0 Å². The van der Waals surface area contributed by atoms with Crippen molar-refractivity contribution in [3.05, 3.63) is 23.7 Å². The van der Waals surface area contributed by atoms with Gasteiger partial charge in [-0.25, -0.2) is 0 Å². The first kappa shape index (κ1) is 10.1. The Morgan fingerprint density at radius 1 is 1.31 bits per heavy atom. The number of hydrogen-bond donors (Lipinski definition) is 3. The summed E-state index contributed by atoms with van der Waals surface area (Å²) in [4.78, 5) is 0. The molecule has 3 N–H and O–H groups in total. The van der Waals surface area contributed by atoms with E-state index in [1.807, 2.05) is 20.8 Å². The predicted octanol–water partition coefficient (Wildman–Crippen LogP) is 2.05.